The van der Waals surface area contributed by atoms with Crippen molar-refractivity contribution in [1.29, 1.82) is 0 Å². The Hall–Kier alpha value is -1.40. The van der Waals surface area contributed by atoms with Crippen LogP contribution in [0.25, 0.3) is 0 Å². The second-order valence-electron chi connectivity index (χ2n) is 6.02. The van der Waals surface area contributed by atoms with Crippen molar-refractivity contribution in [2.75, 3.05) is 19.8 Å². The Bertz CT molecular complexity index is 595. The summed E-state index contributed by atoms with van der Waals surface area (Å²) in [4.78, 5) is 12.2. The Kier molecular flexibility index (Phi) is 5.58. The van der Waals surface area contributed by atoms with Gasteiger partial charge in [0.2, 0.25) is 15.9 Å². The van der Waals surface area contributed by atoms with E-state index in [0.29, 0.717) is 5.92 Å². The molecule has 0 aromatic heterocycles. The van der Waals surface area contributed by atoms with E-state index in [1.165, 1.54) is 19.9 Å². The molecule has 22 heavy (non-hydrogen) atoms. The summed E-state index contributed by atoms with van der Waals surface area (Å²) in [6.07, 6.45) is 5.68. The maximum Gasteiger partial charge on any atom is 0.235 e. The highest BCUT2D eigenvalue weighted by Gasteiger charge is 2.28. The smallest absolute Gasteiger partial charge is 0.235 e. The van der Waals surface area contributed by atoms with Gasteiger partial charge in [0.15, 0.2) is 0 Å². The summed E-state index contributed by atoms with van der Waals surface area (Å²) < 4.78 is 23.9. The third-order valence-electron chi connectivity index (χ3n) is 4.28. The minimum absolute atomic E-state index is 0.0378. The molecule has 122 valence electrons. The number of rotatable bonds is 6. The van der Waals surface area contributed by atoms with E-state index >= 15 is 0 Å². The second-order valence-corrected chi connectivity index (χ2v) is 8.11. The highest BCUT2D eigenvalue weighted by Crippen LogP contribution is 2.35. The molecule has 0 spiro atoms. The van der Waals surface area contributed by atoms with E-state index < -0.39 is 10.0 Å². The Labute approximate surface area is 132 Å². The minimum Gasteiger partial charge on any atom is -0.348 e. The average molecular weight is 324 g/mol. The van der Waals surface area contributed by atoms with Crippen LogP contribution in [-0.4, -0.2) is 38.5 Å². The molecule has 1 saturated carbocycles. The van der Waals surface area contributed by atoms with E-state index in [9.17, 15) is 13.2 Å². The molecule has 1 amide bonds. The Morgan fingerprint density at radius 2 is 1.86 bits per heavy atom. The van der Waals surface area contributed by atoms with E-state index in [4.69, 9.17) is 0 Å². The van der Waals surface area contributed by atoms with Gasteiger partial charge in [-0.15, -0.1) is 0 Å². The zero-order chi connectivity index (χ0) is 16.2. The molecule has 1 fully saturated rings. The predicted molar refractivity (Wildman–Crippen MR) is 86.8 cm³/mol. The number of sulfonamides is 1. The first-order valence-corrected chi connectivity index (χ1v) is 9.48. The first-order valence-electron chi connectivity index (χ1n) is 7.63. The van der Waals surface area contributed by atoms with Crippen LogP contribution in [0.3, 0.4) is 0 Å². The largest absolute Gasteiger partial charge is 0.348 e. The first-order chi connectivity index (χ1) is 10.4. The number of carbonyl (C=O) groups is 1. The molecular formula is C16H24N2O3S. The van der Waals surface area contributed by atoms with Crippen molar-refractivity contribution in [2.45, 2.75) is 31.7 Å². The molecule has 1 aromatic rings. The van der Waals surface area contributed by atoms with Gasteiger partial charge in [0.1, 0.15) is 0 Å². The molecule has 5 nitrogen and oxygen atoms in total. The molecule has 1 unspecified atom stereocenters. The Morgan fingerprint density at radius 1 is 1.27 bits per heavy atom. The summed E-state index contributed by atoms with van der Waals surface area (Å²) >= 11 is 0. The molecule has 0 saturated heterocycles. The van der Waals surface area contributed by atoms with E-state index in [0.717, 1.165) is 29.0 Å². The summed E-state index contributed by atoms with van der Waals surface area (Å²) in [6.45, 7) is -0.144. The van der Waals surface area contributed by atoms with Crippen molar-refractivity contribution in [2.24, 2.45) is 5.92 Å². The highest BCUT2D eigenvalue weighted by molar-refractivity contribution is 7.88. The standard InChI is InChI=1S/C16H24N2O3S/c1-18(22(2,20)21)12-15(19)17-16(14-10-6-7-11-14)13-8-4-3-5-9-13/h3-5,8-9,14,16H,6-7,10-12H2,1-2H3,(H,17,19). The summed E-state index contributed by atoms with van der Waals surface area (Å²) in [6, 6.07) is 9.88. The normalized spacial score (nSPS) is 17.6. The fraction of sp³-hybridized carbons (Fsp3) is 0.562. The molecular weight excluding hydrogens is 300 g/mol. The Balaban J connectivity index is 2.08. The molecule has 1 aliphatic rings. The molecule has 6 heteroatoms. The monoisotopic (exact) mass is 324 g/mol. The number of hydrogen-bond donors (Lipinski definition) is 1. The van der Waals surface area contributed by atoms with Crippen molar-refractivity contribution < 1.29 is 13.2 Å². The van der Waals surface area contributed by atoms with Crippen LogP contribution < -0.4 is 5.32 Å². The zero-order valence-electron chi connectivity index (χ0n) is 13.2. The van der Waals surface area contributed by atoms with Gasteiger partial charge in [-0.2, -0.15) is 4.31 Å². The summed E-state index contributed by atoms with van der Waals surface area (Å²) in [5.41, 5.74) is 1.09. The van der Waals surface area contributed by atoms with Gasteiger partial charge < -0.3 is 5.32 Å². The lowest BCUT2D eigenvalue weighted by Gasteiger charge is -2.26. The number of likely N-dealkylation sites (N-methyl/N-ethyl adjacent to an activating group) is 1. The predicted octanol–water partition coefficient (Wildman–Crippen LogP) is 1.93. The number of amides is 1. The van der Waals surface area contributed by atoms with E-state index in [-0.39, 0.29) is 18.5 Å². The van der Waals surface area contributed by atoms with Gasteiger partial charge in [-0.1, -0.05) is 43.2 Å². The van der Waals surface area contributed by atoms with Crippen LogP contribution in [0.15, 0.2) is 30.3 Å². The molecule has 0 aliphatic heterocycles. The van der Waals surface area contributed by atoms with Gasteiger partial charge in [-0.25, -0.2) is 8.42 Å². The van der Waals surface area contributed by atoms with Gasteiger partial charge >= 0.3 is 0 Å². The summed E-state index contributed by atoms with van der Waals surface area (Å²) in [5.74, 6) is 0.170. The number of hydrogen-bond acceptors (Lipinski definition) is 3. The molecule has 1 atom stereocenters. The van der Waals surface area contributed by atoms with Gasteiger partial charge in [-0.05, 0) is 24.3 Å². The quantitative estimate of drug-likeness (QED) is 0.869. The van der Waals surface area contributed by atoms with Crippen molar-refractivity contribution in [3.05, 3.63) is 35.9 Å². The number of nitrogens with one attached hydrogen (secondary N) is 1. The second kappa shape index (κ2) is 7.24. The van der Waals surface area contributed by atoms with Crippen LogP contribution in [0.5, 0.6) is 0 Å². The molecule has 1 aliphatic carbocycles. The minimum atomic E-state index is -3.34. The SMILES string of the molecule is CN(CC(=O)NC(c1ccccc1)C1CCCC1)S(C)(=O)=O. The average Bonchev–Trinajstić information content (AvgIpc) is 2.98. The van der Waals surface area contributed by atoms with E-state index in [1.807, 2.05) is 30.3 Å². The number of carbonyl (C=O) groups excluding carboxylic acids is 1. The van der Waals surface area contributed by atoms with Gasteiger partial charge in [-0.3, -0.25) is 4.79 Å². The molecule has 2 rings (SSSR count). The van der Waals surface area contributed by atoms with Gasteiger partial charge in [0.05, 0.1) is 18.8 Å². The topological polar surface area (TPSA) is 66.5 Å². The fourth-order valence-electron chi connectivity index (χ4n) is 2.96. The third kappa shape index (κ3) is 4.55. The van der Waals surface area contributed by atoms with Crippen LogP contribution >= 0.6 is 0 Å². The van der Waals surface area contributed by atoms with E-state index in [1.54, 1.807) is 0 Å². The maximum absolute atomic E-state index is 12.2. The molecule has 0 heterocycles. The summed E-state index contributed by atoms with van der Waals surface area (Å²) in [5, 5.41) is 3.03. The van der Waals surface area contributed by atoms with Crippen LogP contribution in [0, 0.1) is 5.92 Å². The maximum atomic E-state index is 12.2. The van der Waals surface area contributed by atoms with Crippen LogP contribution in [0.4, 0.5) is 0 Å². The van der Waals surface area contributed by atoms with Crippen LogP contribution in [-0.2, 0) is 14.8 Å². The van der Waals surface area contributed by atoms with E-state index in [2.05, 4.69) is 5.32 Å². The van der Waals surface area contributed by atoms with Crippen LogP contribution in [0.1, 0.15) is 37.3 Å². The molecule has 1 N–H and O–H groups in total. The van der Waals surface area contributed by atoms with Gasteiger partial charge in [0.25, 0.3) is 0 Å². The molecule has 0 bridgehead atoms. The van der Waals surface area contributed by atoms with Crippen molar-refractivity contribution in [3.63, 3.8) is 0 Å². The Morgan fingerprint density at radius 3 is 2.41 bits per heavy atom. The van der Waals surface area contributed by atoms with Crippen molar-refractivity contribution in [3.8, 4) is 0 Å². The molecule has 0 radical (unpaired) electrons. The van der Waals surface area contributed by atoms with Crippen molar-refractivity contribution in [1.82, 2.24) is 9.62 Å². The summed E-state index contributed by atoms with van der Waals surface area (Å²) in [7, 11) is -1.93. The van der Waals surface area contributed by atoms with Gasteiger partial charge in [0, 0.05) is 7.05 Å². The van der Waals surface area contributed by atoms with Crippen molar-refractivity contribution >= 4 is 15.9 Å². The first kappa shape index (κ1) is 17.0. The fourth-order valence-corrected chi connectivity index (χ4v) is 3.31. The molecule has 1 aromatic carbocycles. The number of nitrogens with zero attached hydrogens (tertiary/aromatic N) is 1. The zero-order valence-corrected chi connectivity index (χ0v) is 14.0. The van der Waals surface area contributed by atoms with Crippen LogP contribution in [0.2, 0.25) is 0 Å². The highest BCUT2D eigenvalue weighted by atomic mass is 32.2. The lowest BCUT2D eigenvalue weighted by atomic mass is 9.91. The lowest BCUT2D eigenvalue weighted by molar-refractivity contribution is -0.122. The lowest BCUT2D eigenvalue weighted by Crippen LogP contribution is -2.41. The number of benzene rings is 1. The third-order valence-corrected chi connectivity index (χ3v) is 5.54.